The third kappa shape index (κ3) is 5.00. The van der Waals surface area contributed by atoms with E-state index >= 15 is 0 Å². The molecule has 112 valence electrons. The van der Waals surface area contributed by atoms with E-state index in [1.165, 1.54) is 11.1 Å². The molecule has 2 N–H and O–H groups in total. The van der Waals surface area contributed by atoms with Crippen LogP contribution in [0.1, 0.15) is 31.4 Å². The average molecular weight is 283 g/mol. The number of rotatable bonds is 7. The fraction of sp³-hybridized carbons (Fsp3) is 0.368. The maximum atomic E-state index is 10.2. The third-order valence-corrected chi connectivity index (χ3v) is 3.88. The molecule has 0 aliphatic rings. The minimum absolute atomic E-state index is 0.130. The molecule has 0 aliphatic heterocycles. The van der Waals surface area contributed by atoms with Gasteiger partial charge in [-0.2, -0.15) is 0 Å². The van der Waals surface area contributed by atoms with E-state index in [2.05, 4.69) is 43.4 Å². The predicted octanol–water partition coefficient (Wildman–Crippen LogP) is 3.51. The first-order chi connectivity index (χ1) is 10.1. The molecule has 0 amide bonds. The summed E-state index contributed by atoms with van der Waals surface area (Å²) in [6, 6.07) is 20.7. The van der Waals surface area contributed by atoms with Gasteiger partial charge in [-0.25, -0.2) is 0 Å². The highest BCUT2D eigenvalue weighted by atomic mass is 16.3. The molecule has 0 fully saturated rings. The Labute approximate surface area is 127 Å². The van der Waals surface area contributed by atoms with Crippen LogP contribution < -0.4 is 5.32 Å². The second-order valence-corrected chi connectivity index (χ2v) is 6.05. The molecule has 0 bridgehead atoms. The summed E-state index contributed by atoms with van der Waals surface area (Å²) in [7, 11) is 0. The summed E-state index contributed by atoms with van der Waals surface area (Å²) in [4.78, 5) is 0. The van der Waals surface area contributed by atoms with Crippen molar-refractivity contribution in [1.82, 2.24) is 5.32 Å². The first-order valence-corrected chi connectivity index (χ1v) is 7.60. The summed E-state index contributed by atoms with van der Waals surface area (Å²) in [5.74, 6) is 0. The first-order valence-electron chi connectivity index (χ1n) is 7.60. The van der Waals surface area contributed by atoms with E-state index in [9.17, 15) is 5.11 Å². The predicted molar refractivity (Wildman–Crippen MR) is 88.2 cm³/mol. The van der Waals surface area contributed by atoms with Crippen LogP contribution in [0.5, 0.6) is 0 Å². The Morgan fingerprint density at radius 3 is 2.14 bits per heavy atom. The van der Waals surface area contributed by atoms with Crippen LogP contribution in [0.4, 0.5) is 0 Å². The van der Waals surface area contributed by atoms with Gasteiger partial charge in [0.25, 0.3) is 0 Å². The van der Waals surface area contributed by atoms with Crippen molar-refractivity contribution >= 4 is 0 Å². The van der Waals surface area contributed by atoms with Crippen LogP contribution in [0.2, 0.25) is 0 Å². The monoisotopic (exact) mass is 283 g/mol. The molecule has 2 heteroatoms. The number of benzene rings is 2. The molecule has 2 rings (SSSR count). The van der Waals surface area contributed by atoms with Crippen LogP contribution in [0, 0.1) is 0 Å². The molecular formula is C19H25NO. The quantitative estimate of drug-likeness (QED) is 0.815. The van der Waals surface area contributed by atoms with Crippen LogP contribution >= 0.6 is 0 Å². The molecule has 2 aromatic rings. The lowest BCUT2D eigenvalue weighted by molar-refractivity contribution is 0.149. The molecule has 2 aromatic carbocycles. The lowest BCUT2D eigenvalue weighted by Gasteiger charge is -2.28. The van der Waals surface area contributed by atoms with Crippen LogP contribution in [0.25, 0.3) is 0 Å². The molecule has 2 nitrogen and oxygen atoms in total. The molecule has 0 unspecified atom stereocenters. The molecule has 21 heavy (non-hydrogen) atoms. The molecule has 0 aromatic heterocycles. The van der Waals surface area contributed by atoms with Gasteiger partial charge in [-0.15, -0.1) is 0 Å². The third-order valence-electron chi connectivity index (χ3n) is 3.88. The highest BCUT2D eigenvalue weighted by Gasteiger charge is 2.20. The Balaban J connectivity index is 1.79. The van der Waals surface area contributed by atoms with E-state index < -0.39 is 0 Å². The van der Waals surface area contributed by atoms with Gasteiger partial charge in [0.2, 0.25) is 0 Å². The lowest BCUT2D eigenvalue weighted by Crippen LogP contribution is -2.41. The summed E-state index contributed by atoms with van der Waals surface area (Å²) >= 11 is 0. The van der Waals surface area contributed by atoms with Crippen LogP contribution in [0.15, 0.2) is 60.7 Å². The zero-order valence-electron chi connectivity index (χ0n) is 12.9. The van der Waals surface area contributed by atoms with E-state index in [0.717, 1.165) is 12.8 Å². The molecule has 0 heterocycles. The van der Waals surface area contributed by atoms with Crippen molar-refractivity contribution < 1.29 is 5.11 Å². The van der Waals surface area contributed by atoms with Gasteiger partial charge >= 0.3 is 0 Å². The molecule has 0 radical (unpaired) electrons. The molecule has 0 aliphatic carbocycles. The minimum atomic E-state index is -0.326. The Morgan fingerprint density at radius 1 is 0.952 bits per heavy atom. The summed E-state index contributed by atoms with van der Waals surface area (Å²) in [5, 5.41) is 13.6. The van der Waals surface area contributed by atoms with Crippen molar-refractivity contribution in [1.29, 1.82) is 0 Å². The van der Waals surface area contributed by atoms with Gasteiger partial charge in [0.1, 0.15) is 0 Å². The number of hydrogen-bond acceptors (Lipinski definition) is 2. The standard InChI is InChI=1S/C19H25NO/c1-19(2,17-11-7-4-8-12-17)20-15-18(21)14-13-16-9-5-3-6-10-16/h3-12,18,20-21H,13-15H2,1-2H3/t18-/m1/s1. The van der Waals surface area contributed by atoms with Gasteiger partial charge in [-0.1, -0.05) is 60.7 Å². The van der Waals surface area contributed by atoms with Crippen molar-refractivity contribution in [3.8, 4) is 0 Å². The second kappa shape index (κ2) is 7.39. The Hall–Kier alpha value is -1.64. The van der Waals surface area contributed by atoms with E-state index in [1.54, 1.807) is 0 Å². The van der Waals surface area contributed by atoms with E-state index in [0.29, 0.717) is 6.54 Å². The molecule has 0 saturated carbocycles. The molecular weight excluding hydrogens is 258 g/mol. The highest BCUT2D eigenvalue weighted by molar-refractivity contribution is 5.22. The number of hydrogen-bond donors (Lipinski definition) is 2. The van der Waals surface area contributed by atoms with Crippen LogP contribution in [-0.4, -0.2) is 17.8 Å². The molecule has 0 spiro atoms. The van der Waals surface area contributed by atoms with Gasteiger partial charge in [0.15, 0.2) is 0 Å². The summed E-state index contributed by atoms with van der Waals surface area (Å²) in [6.07, 6.45) is 1.37. The largest absolute Gasteiger partial charge is 0.392 e. The number of nitrogens with one attached hydrogen (secondary N) is 1. The maximum absolute atomic E-state index is 10.2. The van der Waals surface area contributed by atoms with Crippen molar-refractivity contribution in [2.75, 3.05) is 6.54 Å². The summed E-state index contributed by atoms with van der Waals surface area (Å²) in [6.45, 7) is 4.90. The van der Waals surface area contributed by atoms with E-state index in [-0.39, 0.29) is 11.6 Å². The van der Waals surface area contributed by atoms with Gasteiger partial charge in [-0.05, 0) is 37.8 Å². The second-order valence-electron chi connectivity index (χ2n) is 6.05. The Kier molecular flexibility index (Phi) is 5.54. The lowest BCUT2D eigenvalue weighted by atomic mass is 9.94. The maximum Gasteiger partial charge on any atom is 0.0668 e. The Bertz CT molecular complexity index is 522. The van der Waals surface area contributed by atoms with Gasteiger partial charge in [0, 0.05) is 12.1 Å². The first kappa shape index (κ1) is 15.7. The minimum Gasteiger partial charge on any atom is -0.392 e. The fourth-order valence-corrected chi connectivity index (χ4v) is 2.41. The van der Waals surface area contributed by atoms with E-state index in [4.69, 9.17) is 0 Å². The van der Waals surface area contributed by atoms with Gasteiger partial charge in [-0.3, -0.25) is 0 Å². The zero-order chi connectivity index (χ0) is 15.1. The average Bonchev–Trinajstić information content (AvgIpc) is 2.53. The number of aryl methyl sites for hydroxylation is 1. The van der Waals surface area contributed by atoms with Crippen LogP contribution in [0.3, 0.4) is 0 Å². The van der Waals surface area contributed by atoms with Crippen LogP contribution in [-0.2, 0) is 12.0 Å². The summed E-state index contributed by atoms with van der Waals surface area (Å²) in [5.41, 5.74) is 2.38. The summed E-state index contributed by atoms with van der Waals surface area (Å²) < 4.78 is 0. The van der Waals surface area contributed by atoms with Crippen molar-refractivity contribution in [2.24, 2.45) is 0 Å². The topological polar surface area (TPSA) is 32.3 Å². The zero-order valence-corrected chi connectivity index (χ0v) is 12.9. The molecule has 1 atom stereocenters. The van der Waals surface area contributed by atoms with Crippen molar-refractivity contribution in [3.63, 3.8) is 0 Å². The SMILES string of the molecule is CC(C)(NC[C@H](O)CCc1ccccc1)c1ccccc1. The van der Waals surface area contributed by atoms with Gasteiger partial charge < -0.3 is 10.4 Å². The van der Waals surface area contributed by atoms with Crippen molar-refractivity contribution in [3.05, 3.63) is 71.8 Å². The Morgan fingerprint density at radius 2 is 1.52 bits per heavy atom. The smallest absolute Gasteiger partial charge is 0.0668 e. The molecule has 0 saturated heterocycles. The normalized spacial score (nSPS) is 13.1. The van der Waals surface area contributed by atoms with E-state index in [1.807, 2.05) is 36.4 Å². The highest BCUT2D eigenvalue weighted by Crippen LogP contribution is 2.19. The van der Waals surface area contributed by atoms with Crippen molar-refractivity contribution in [2.45, 2.75) is 38.3 Å². The fourth-order valence-electron chi connectivity index (χ4n) is 2.41. The number of aliphatic hydroxyl groups excluding tert-OH is 1. The number of aliphatic hydroxyl groups is 1. The van der Waals surface area contributed by atoms with Gasteiger partial charge in [0.05, 0.1) is 6.10 Å².